The summed E-state index contributed by atoms with van der Waals surface area (Å²) in [4.78, 5) is 7.20. The van der Waals surface area contributed by atoms with Crippen LogP contribution in [0.2, 0.25) is 0 Å². The molecule has 1 aromatic heterocycles. The number of hydrogen-bond donors (Lipinski definition) is 1. The smallest absolute Gasteiger partial charge is 0.118 e. The van der Waals surface area contributed by atoms with Gasteiger partial charge in [-0.15, -0.1) is 36.2 Å². The second kappa shape index (κ2) is 9.33. The van der Waals surface area contributed by atoms with Crippen LogP contribution in [0.4, 0.5) is 0 Å². The van der Waals surface area contributed by atoms with Crippen molar-refractivity contribution in [3.8, 4) is 17.0 Å². The zero-order chi connectivity index (χ0) is 13.8. The topological polar surface area (TPSA) is 37.4 Å². The van der Waals surface area contributed by atoms with E-state index in [1.54, 1.807) is 18.4 Å². The number of halogens is 2. The van der Waals surface area contributed by atoms with Crippen molar-refractivity contribution >= 4 is 36.2 Å². The summed E-state index contributed by atoms with van der Waals surface area (Å²) >= 11 is 1.74. The molecule has 0 spiro atoms. The standard InChI is InChI=1S/C15H19N3OS.2ClH/c1-19-13-4-2-12(3-5-13)14-11-20-15(17-14)10-18-8-6-16-7-9-18;;/h2-5,11,16H,6-10H2,1H3;2*1H. The van der Waals surface area contributed by atoms with E-state index in [0.29, 0.717) is 0 Å². The second-order valence-electron chi connectivity index (χ2n) is 4.88. The summed E-state index contributed by atoms with van der Waals surface area (Å²) in [6.07, 6.45) is 0. The van der Waals surface area contributed by atoms with E-state index in [1.807, 2.05) is 12.1 Å². The molecule has 22 heavy (non-hydrogen) atoms. The molecular weight excluding hydrogens is 341 g/mol. The molecule has 1 saturated heterocycles. The van der Waals surface area contributed by atoms with Crippen LogP contribution < -0.4 is 10.1 Å². The van der Waals surface area contributed by atoms with E-state index in [0.717, 1.165) is 49.7 Å². The van der Waals surface area contributed by atoms with Crippen LogP contribution in [0.5, 0.6) is 5.75 Å². The highest BCUT2D eigenvalue weighted by Gasteiger charge is 2.12. The van der Waals surface area contributed by atoms with Crippen molar-refractivity contribution in [3.05, 3.63) is 34.7 Å². The molecule has 1 fully saturated rings. The molecule has 2 heterocycles. The number of ether oxygens (including phenoxy) is 1. The lowest BCUT2D eigenvalue weighted by Crippen LogP contribution is -2.42. The maximum atomic E-state index is 5.18. The Balaban J connectivity index is 0.00000121. The lowest BCUT2D eigenvalue weighted by Gasteiger charge is -2.26. The summed E-state index contributed by atoms with van der Waals surface area (Å²) in [7, 11) is 1.68. The molecule has 0 aliphatic carbocycles. The van der Waals surface area contributed by atoms with Crippen molar-refractivity contribution in [2.24, 2.45) is 0 Å². The molecule has 0 amide bonds. The van der Waals surface area contributed by atoms with Crippen molar-refractivity contribution in [1.29, 1.82) is 0 Å². The van der Waals surface area contributed by atoms with Gasteiger partial charge in [0.1, 0.15) is 10.8 Å². The lowest BCUT2D eigenvalue weighted by atomic mass is 10.2. The van der Waals surface area contributed by atoms with Gasteiger partial charge in [-0.1, -0.05) is 0 Å². The zero-order valence-electron chi connectivity index (χ0n) is 12.4. The van der Waals surface area contributed by atoms with Crippen LogP contribution in [0.25, 0.3) is 11.3 Å². The number of benzene rings is 1. The second-order valence-corrected chi connectivity index (χ2v) is 5.82. The third-order valence-electron chi connectivity index (χ3n) is 3.51. The minimum atomic E-state index is 0. The first-order chi connectivity index (χ1) is 9.85. The molecule has 0 saturated carbocycles. The third-order valence-corrected chi connectivity index (χ3v) is 4.34. The Bertz CT molecular complexity index is 556. The molecule has 3 rings (SSSR count). The number of methoxy groups -OCH3 is 1. The molecule has 0 bridgehead atoms. The summed E-state index contributed by atoms with van der Waals surface area (Å²) in [5.74, 6) is 0.880. The summed E-state index contributed by atoms with van der Waals surface area (Å²) in [5, 5.41) is 6.70. The van der Waals surface area contributed by atoms with Gasteiger partial charge in [-0.25, -0.2) is 4.98 Å². The van der Waals surface area contributed by atoms with Gasteiger partial charge >= 0.3 is 0 Å². The molecule has 1 aromatic carbocycles. The van der Waals surface area contributed by atoms with E-state index in [-0.39, 0.29) is 24.8 Å². The first kappa shape index (κ1) is 19.2. The van der Waals surface area contributed by atoms with Gasteiger partial charge in [0.25, 0.3) is 0 Å². The zero-order valence-corrected chi connectivity index (χ0v) is 14.9. The highest BCUT2D eigenvalue weighted by Crippen LogP contribution is 2.24. The van der Waals surface area contributed by atoms with Crippen LogP contribution in [0.15, 0.2) is 29.6 Å². The van der Waals surface area contributed by atoms with Crippen LogP contribution in [0.3, 0.4) is 0 Å². The Morgan fingerprint density at radius 1 is 1.18 bits per heavy atom. The predicted molar refractivity (Wildman–Crippen MR) is 96.7 cm³/mol. The number of rotatable bonds is 4. The molecule has 7 heteroatoms. The lowest BCUT2D eigenvalue weighted by molar-refractivity contribution is 0.233. The predicted octanol–water partition coefficient (Wildman–Crippen LogP) is 3.07. The summed E-state index contributed by atoms with van der Waals surface area (Å²) < 4.78 is 5.18. The number of aromatic nitrogens is 1. The number of piperazine rings is 1. The van der Waals surface area contributed by atoms with Crippen molar-refractivity contribution in [3.63, 3.8) is 0 Å². The van der Waals surface area contributed by atoms with Crippen molar-refractivity contribution < 1.29 is 4.74 Å². The van der Waals surface area contributed by atoms with Gasteiger partial charge in [0.2, 0.25) is 0 Å². The quantitative estimate of drug-likeness (QED) is 0.907. The average molecular weight is 362 g/mol. The summed E-state index contributed by atoms with van der Waals surface area (Å²) in [5.41, 5.74) is 2.20. The highest BCUT2D eigenvalue weighted by atomic mass is 35.5. The molecule has 1 N–H and O–H groups in total. The summed E-state index contributed by atoms with van der Waals surface area (Å²) in [6.45, 7) is 5.34. The minimum Gasteiger partial charge on any atom is -0.497 e. The SMILES string of the molecule is COc1ccc(-c2csc(CN3CCNCC3)n2)cc1.Cl.Cl. The van der Waals surface area contributed by atoms with Gasteiger partial charge < -0.3 is 10.1 Å². The van der Waals surface area contributed by atoms with Gasteiger partial charge in [0, 0.05) is 37.1 Å². The first-order valence-corrected chi connectivity index (χ1v) is 7.75. The Kier molecular flexibility index (Phi) is 8.14. The van der Waals surface area contributed by atoms with E-state index in [4.69, 9.17) is 9.72 Å². The molecule has 2 aromatic rings. The highest BCUT2D eigenvalue weighted by molar-refractivity contribution is 7.09. The summed E-state index contributed by atoms with van der Waals surface area (Å²) in [6, 6.07) is 8.07. The number of hydrogen-bond acceptors (Lipinski definition) is 5. The maximum Gasteiger partial charge on any atom is 0.118 e. The largest absolute Gasteiger partial charge is 0.497 e. The van der Waals surface area contributed by atoms with Crippen LogP contribution >= 0.6 is 36.2 Å². The normalized spacial score (nSPS) is 14.8. The Labute approximate surface area is 147 Å². The van der Waals surface area contributed by atoms with Crippen molar-refractivity contribution in [2.45, 2.75) is 6.54 Å². The molecule has 0 atom stereocenters. The fourth-order valence-corrected chi connectivity index (χ4v) is 3.18. The van der Waals surface area contributed by atoms with Gasteiger partial charge in [-0.3, -0.25) is 4.90 Å². The van der Waals surface area contributed by atoms with Crippen molar-refractivity contribution in [1.82, 2.24) is 15.2 Å². The van der Waals surface area contributed by atoms with Gasteiger partial charge in [-0.2, -0.15) is 0 Å². The monoisotopic (exact) mass is 361 g/mol. The van der Waals surface area contributed by atoms with Crippen LogP contribution in [0, 0.1) is 0 Å². The van der Waals surface area contributed by atoms with E-state index in [1.165, 1.54) is 5.01 Å². The minimum absolute atomic E-state index is 0. The van der Waals surface area contributed by atoms with E-state index < -0.39 is 0 Å². The third kappa shape index (κ3) is 4.83. The molecule has 4 nitrogen and oxygen atoms in total. The van der Waals surface area contributed by atoms with E-state index in [2.05, 4.69) is 27.7 Å². The van der Waals surface area contributed by atoms with Gasteiger partial charge in [-0.05, 0) is 24.3 Å². The molecule has 1 aliphatic rings. The van der Waals surface area contributed by atoms with Crippen molar-refractivity contribution in [2.75, 3.05) is 33.3 Å². The number of nitrogens with one attached hydrogen (secondary N) is 1. The van der Waals surface area contributed by atoms with Gasteiger partial charge in [0.05, 0.1) is 19.3 Å². The van der Waals surface area contributed by atoms with E-state index in [9.17, 15) is 0 Å². The Morgan fingerprint density at radius 3 is 2.50 bits per heavy atom. The van der Waals surface area contributed by atoms with Crippen LogP contribution in [-0.2, 0) is 6.54 Å². The van der Waals surface area contributed by atoms with Crippen LogP contribution in [0.1, 0.15) is 5.01 Å². The fraction of sp³-hybridized carbons (Fsp3) is 0.400. The molecule has 122 valence electrons. The molecular formula is C15H21Cl2N3OS. The number of thiazole rings is 1. The maximum absolute atomic E-state index is 5.18. The Morgan fingerprint density at radius 2 is 1.86 bits per heavy atom. The molecule has 0 unspecified atom stereocenters. The molecule has 1 aliphatic heterocycles. The Hall–Kier alpha value is -0.850. The first-order valence-electron chi connectivity index (χ1n) is 6.87. The fourth-order valence-electron chi connectivity index (χ4n) is 2.34. The van der Waals surface area contributed by atoms with Crippen LogP contribution in [-0.4, -0.2) is 43.2 Å². The average Bonchev–Trinajstić information content (AvgIpc) is 2.97. The number of nitrogens with zero attached hydrogens (tertiary/aromatic N) is 2. The van der Waals surface area contributed by atoms with E-state index >= 15 is 0 Å². The molecule has 0 radical (unpaired) electrons. The van der Waals surface area contributed by atoms with Gasteiger partial charge in [0.15, 0.2) is 0 Å².